The summed E-state index contributed by atoms with van der Waals surface area (Å²) in [7, 11) is -3.77. The SMILES string of the molecule is CC(O)C(C)(C)NS(=O)(=O)c1ccc(C#N)nc1. The van der Waals surface area contributed by atoms with Crippen LogP contribution < -0.4 is 4.72 Å². The lowest BCUT2D eigenvalue weighted by atomic mass is 10.0. The molecule has 6 nitrogen and oxygen atoms in total. The molecule has 2 N–H and O–H groups in total. The van der Waals surface area contributed by atoms with Crippen molar-refractivity contribution >= 4 is 10.0 Å². The lowest BCUT2D eigenvalue weighted by Crippen LogP contribution is -2.50. The molecule has 0 aliphatic heterocycles. The van der Waals surface area contributed by atoms with Crippen LogP contribution in [0, 0.1) is 11.3 Å². The smallest absolute Gasteiger partial charge is 0.242 e. The normalized spacial score (nSPS) is 13.9. The summed E-state index contributed by atoms with van der Waals surface area (Å²) >= 11 is 0. The van der Waals surface area contributed by atoms with Gasteiger partial charge in [0.25, 0.3) is 0 Å². The molecule has 0 saturated heterocycles. The monoisotopic (exact) mass is 269 g/mol. The Morgan fingerprint density at radius 1 is 1.50 bits per heavy atom. The van der Waals surface area contributed by atoms with E-state index in [2.05, 4.69) is 9.71 Å². The number of hydrogen-bond acceptors (Lipinski definition) is 5. The van der Waals surface area contributed by atoms with E-state index >= 15 is 0 Å². The second-order valence-electron chi connectivity index (χ2n) is 4.49. The lowest BCUT2D eigenvalue weighted by molar-refractivity contribution is 0.111. The number of aliphatic hydroxyl groups is 1. The minimum absolute atomic E-state index is 0.0461. The number of sulfonamides is 1. The summed E-state index contributed by atoms with van der Waals surface area (Å²) < 4.78 is 26.4. The number of pyridine rings is 1. The maximum absolute atomic E-state index is 12.0. The summed E-state index contributed by atoms with van der Waals surface area (Å²) in [5, 5.41) is 18.1. The van der Waals surface area contributed by atoms with E-state index < -0.39 is 21.7 Å². The standard InChI is InChI=1S/C11H15N3O3S/c1-8(15)11(2,3)14-18(16,17)10-5-4-9(6-12)13-7-10/h4-5,7-8,14-15H,1-3H3. The van der Waals surface area contributed by atoms with E-state index in [4.69, 9.17) is 5.26 Å². The van der Waals surface area contributed by atoms with Crippen molar-refractivity contribution < 1.29 is 13.5 Å². The van der Waals surface area contributed by atoms with Gasteiger partial charge in [0, 0.05) is 6.20 Å². The minimum Gasteiger partial charge on any atom is -0.391 e. The van der Waals surface area contributed by atoms with Crippen LogP contribution in [0.4, 0.5) is 0 Å². The van der Waals surface area contributed by atoms with E-state index in [-0.39, 0.29) is 10.6 Å². The Morgan fingerprint density at radius 2 is 2.11 bits per heavy atom. The third-order valence-electron chi connectivity index (χ3n) is 2.60. The maximum atomic E-state index is 12.0. The highest BCUT2D eigenvalue weighted by Crippen LogP contribution is 2.15. The largest absolute Gasteiger partial charge is 0.391 e. The van der Waals surface area contributed by atoms with E-state index in [0.29, 0.717) is 0 Å². The highest BCUT2D eigenvalue weighted by atomic mass is 32.2. The Balaban J connectivity index is 3.04. The van der Waals surface area contributed by atoms with Gasteiger partial charge in [-0.1, -0.05) is 0 Å². The van der Waals surface area contributed by atoms with Crippen molar-refractivity contribution in [1.29, 1.82) is 5.26 Å². The first-order chi connectivity index (χ1) is 8.19. The van der Waals surface area contributed by atoms with Crippen LogP contribution in [0.25, 0.3) is 0 Å². The Morgan fingerprint density at radius 3 is 2.50 bits per heavy atom. The van der Waals surface area contributed by atoms with Gasteiger partial charge in [0.15, 0.2) is 0 Å². The topological polar surface area (TPSA) is 103 Å². The number of aliphatic hydroxyl groups excluding tert-OH is 1. The fourth-order valence-electron chi connectivity index (χ4n) is 1.10. The number of nitrogens with zero attached hydrogens (tertiary/aromatic N) is 2. The highest BCUT2D eigenvalue weighted by Gasteiger charge is 2.30. The molecular weight excluding hydrogens is 254 g/mol. The van der Waals surface area contributed by atoms with Crippen molar-refractivity contribution in [3.8, 4) is 6.07 Å². The second-order valence-corrected chi connectivity index (χ2v) is 6.18. The molecule has 18 heavy (non-hydrogen) atoms. The number of aromatic nitrogens is 1. The average molecular weight is 269 g/mol. The average Bonchev–Trinajstić information content (AvgIpc) is 2.27. The van der Waals surface area contributed by atoms with Crippen LogP contribution in [0.5, 0.6) is 0 Å². The second kappa shape index (κ2) is 5.02. The van der Waals surface area contributed by atoms with E-state index in [1.807, 2.05) is 0 Å². The van der Waals surface area contributed by atoms with Gasteiger partial charge in [-0.15, -0.1) is 0 Å². The van der Waals surface area contributed by atoms with Gasteiger partial charge >= 0.3 is 0 Å². The van der Waals surface area contributed by atoms with Gasteiger partial charge in [-0.3, -0.25) is 0 Å². The maximum Gasteiger partial charge on any atom is 0.242 e. The Hall–Kier alpha value is -1.49. The van der Waals surface area contributed by atoms with Crippen molar-refractivity contribution in [3.05, 3.63) is 24.0 Å². The third kappa shape index (κ3) is 3.26. The van der Waals surface area contributed by atoms with Gasteiger partial charge in [0.2, 0.25) is 10.0 Å². The van der Waals surface area contributed by atoms with Gasteiger partial charge < -0.3 is 5.11 Å². The highest BCUT2D eigenvalue weighted by molar-refractivity contribution is 7.89. The van der Waals surface area contributed by atoms with E-state index in [1.54, 1.807) is 19.9 Å². The fraction of sp³-hybridized carbons (Fsp3) is 0.455. The Labute approximate surface area is 106 Å². The lowest BCUT2D eigenvalue weighted by Gasteiger charge is -2.28. The number of rotatable bonds is 4. The van der Waals surface area contributed by atoms with Gasteiger partial charge in [0.1, 0.15) is 16.7 Å². The van der Waals surface area contributed by atoms with Crippen LogP contribution >= 0.6 is 0 Å². The number of nitrogens with one attached hydrogen (secondary N) is 1. The van der Waals surface area contributed by atoms with Gasteiger partial charge in [-0.05, 0) is 32.9 Å². The van der Waals surface area contributed by atoms with Crippen molar-refractivity contribution in [2.24, 2.45) is 0 Å². The molecule has 0 radical (unpaired) electrons. The molecule has 0 bridgehead atoms. The molecule has 1 heterocycles. The molecule has 0 amide bonds. The predicted molar refractivity (Wildman–Crippen MR) is 65.0 cm³/mol. The summed E-state index contributed by atoms with van der Waals surface area (Å²) in [6.07, 6.45) is 0.262. The zero-order valence-corrected chi connectivity index (χ0v) is 11.2. The van der Waals surface area contributed by atoms with Crippen molar-refractivity contribution in [2.75, 3.05) is 0 Å². The van der Waals surface area contributed by atoms with Gasteiger partial charge in [-0.2, -0.15) is 5.26 Å². The quantitative estimate of drug-likeness (QED) is 0.823. The molecule has 98 valence electrons. The van der Waals surface area contributed by atoms with Crippen molar-refractivity contribution in [2.45, 2.75) is 37.3 Å². The Kier molecular flexibility index (Phi) is 4.06. The third-order valence-corrected chi connectivity index (χ3v) is 4.26. The molecule has 0 spiro atoms. The first kappa shape index (κ1) is 14.6. The molecular formula is C11H15N3O3S. The summed E-state index contributed by atoms with van der Waals surface area (Å²) in [6.45, 7) is 4.65. The molecule has 7 heteroatoms. The van der Waals surface area contributed by atoms with Crippen LogP contribution in [0.2, 0.25) is 0 Å². The Bertz CT molecular complexity index is 556. The molecule has 1 aromatic rings. The fourth-order valence-corrected chi connectivity index (χ4v) is 2.52. The molecule has 0 aliphatic carbocycles. The summed E-state index contributed by atoms with van der Waals surface area (Å²) in [5.74, 6) is 0. The van der Waals surface area contributed by atoms with Crippen LogP contribution in [-0.2, 0) is 10.0 Å². The predicted octanol–water partition coefficient (Wildman–Crippen LogP) is 0.391. The first-order valence-corrected chi connectivity index (χ1v) is 6.75. The van der Waals surface area contributed by atoms with E-state index in [1.165, 1.54) is 19.1 Å². The zero-order valence-electron chi connectivity index (χ0n) is 10.4. The van der Waals surface area contributed by atoms with Crippen LogP contribution in [-0.4, -0.2) is 30.2 Å². The molecule has 1 aromatic heterocycles. The van der Waals surface area contributed by atoms with E-state index in [0.717, 1.165) is 6.20 Å². The molecule has 0 aliphatic rings. The molecule has 0 fully saturated rings. The molecule has 0 aromatic carbocycles. The van der Waals surface area contributed by atoms with Crippen molar-refractivity contribution in [3.63, 3.8) is 0 Å². The molecule has 1 atom stereocenters. The van der Waals surface area contributed by atoms with Gasteiger partial charge in [-0.25, -0.2) is 18.1 Å². The minimum atomic E-state index is -3.77. The number of nitriles is 1. The summed E-state index contributed by atoms with van der Waals surface area (Å²) in [5.41, 5.74) is -0.851. The summed E-state index contributed by atoms with van der Waals surface area (Å²) in [4.78, 5) is 3.65. The number of hydrogen-bond donors (Lipinski definition) is 2. The van der Waals surface area contributed by atoms with Crippen LogP contribution in [0.15, 0.2) is 23.2 Å². The molecule has 0 saturated carbocycles. The van der Waals surface area contributed by atoms with Crippen LogP contribution in [0.1, 0.15) is 26.5 Å². The van der Waals surface area contributed by atoms with Crippen molar-refractivity contribution in [1.82, 2.24) is 9.71 Å². The van der Waals surface area contributed by atoms with Gasteiger partial charge in [0.05, 0.1) is 11.6 Å². The molecule has 1 unspecified atom stereocenters. The van der Waals surface area contributed by atoms with Crippen LogP contribution in [0.3, 0.4) is 0 Å². The summed E-state index contributed by atoms with van der Waals surface area (Å²) in [6, 6.07) is 4.43. The van der Waals surface area contributed by atoms with E-state index in [9.17, 15) is 13.5 Å². The first-order valence-electron chi connectivity index (χ1n) is 5.27. The zero-order chi connectivity index (χ0) is 14.0. The molecule has 1 rings (SSSR count).